The highest BCUT2D eigenvalue weighted by atomic mass is 16.4. The fourth-order valence-electron chi connectivity index (χ4n) is 4.11. The number of aromatic amines is 1. The Kier molecular flexibility index (Phi) is 3.44. The maximum Gasteiger partial charge on any atom is 0.417 e. The molecule has 0 spiro atoms. The van der Waals surface area contributed by atoms with Crippen LogP contribution in [-0.4, -0.2) is 43.6 Å². The summed E-state index contributed by atoms with van der Waals surface area (Å²) in [6.45, 7) is 2.36. The number of nitrogens with one attached hydrogen (secondary N) is 1. The highest BCUT2D eigenvalue weighted by Gasteiger charge is 2.30. The standard InChI is InChI=1S/C18H19N5O3/c24-17(11-5-6-14-13(9-11)19-18(25)26-14)22-7-1-3-12(10-22)16-21-20-15-4-2-8-23(15)16/h5-6,9,12H,1-4,7-8,10H2,(H,19,25). The largest absolute Gasteiger partial charge is 0.417 e. The highest BCUT2D eigenvalue weighted by Crippen LogP contribution is 2.29. The van der Waals surface area contributed by atoms with E-state index in [1.54, 1.807) is 18.2 Å². The maximum atomic E-state index is 13.0. The van der Waals surface area contributed by atoms with Crippen molar-refractivity contribution in [3.05, 3.63) is 46.0 Å². The summed E-state index contributed by atoms with van der Waals surface area (Å²) >= 11 is 0. The van der Waals surface area contributed by atoms with Gasteiger partial charge in [-0.15, -0.1) is 10.2 Å². The molecule has 4 heterocycles. The molecule has 2 aliphatic rings. The van der Waals surface area contributed by atoms with Gasteiger partial charge in [-0.1, -0.05) is 0 Å². The number of H-pyrrole nitrogens is 1. The quantitative estimate of drug-likeness (QED) is 0.756. The number of benzene rings is 1. The van der Waals surface area contributed by atoms with E-state index in [4.69, 9.17) is 4.42 Å². The number of aromatic nitrogens is 4. The van der Waals surface area contributed by atoms with Crippen LogP contribution in [0.25, 0.3) is 11.1 Å². The van der Waals surface area contributed by atoms with Gasteiger partial charge in [0.05, 0.1) is 5.52 Å². The van der Waals surface area contributed by atoms with E-state index in [0.29, 0.717) is 23.2 Å². The Hall–Kier alpha value is -2.90. The zero-order valence-corrected chi connectivity index (χ0v) is 14.3. The number of aryl methyl sites for hydroxylation is 1. The fourth-order valence-corrected chi connectivity index (χ4v) is 4.11. The van der Waals surface area contributed by atoms with Crippen molar-refractivity contribution in [2.75, 3.05) is 13.1 Å². The number of oxazole rings is 1. The van der Waals surface area contributed by atoms with E-state index in [1.165, 1.54) is 0 Å². The second kappa shape index (κ2) is 5.82. The Bertz CT molecular complexity index is 1050. The number of piperidine rings is 1. The van der Waals surface area contributed by atoms with Gasteiger partial charge >= 0.3 is 5.76 Å². The Morgan fingerprint density at radius 2 is 2.15 bits per heavy atom. The number of amides is 1. The van der Waals surface area contributed by atoms with E-state index in [9.17, 15) is 9.59 Å². The molecule has 134 valence electrons. The predicted molar refractivity (Wildman–Crippen MR) is 93.1 cm³/mol. The predicted octanol–water partition coefficient (Wildman–Crippen LogP) is 1.68. The van der Waals surface area contributed by atoms with E-state index in [1.807, 2.05) is 4.90 Å². The molecule has 1 atom stereocenters. The molecule has 1 fully saturated rings. The van der Waals surface area contributed by atoms with Crippen molar-refractivity contribution in [3.8, 4) is 0 Å². The first-order valence-electron chi connectivity index (χ1n) is 9.03. The van der Waals surface area contributed by atoms with Gasteiger partial charge in [-0.2, -0.15) is 0 Å². The summed E-state index contributed by atoms with van der Waals surface area (Å²) in [6.07, 6.45) is 4.08. The van der Waals surface area contributed by atoms with Crippen molar-refractivity contribution in [1.82, 2.24) is 24.6 Å². The van der Waals surface area contributed by atoms with Crippen LogP contribution in [-0.2, 0) is 13.0 Å². The average molecular weight is 353 g/mol. The zero-order chi connectivity index (χ0) is 17.7. The first-order chi connectivity index (χ1) is 12.7. The summed E-state index contributed by atoms with van der Waals surface area (Å²) in [7, 11) is 0. The topological polar surface area (TPSA) is 97.0 Å². The Morgan fingerprint density at radius 1 is 1.23 bits per heavy atom. The summed E-state index contributed by atoms with van der Waals surface area (Å²) in [5.41, 5.74) is 1.56. The van der Waals surface area contributed by atoms with Gasteiger partial charge in [0.25, 0.3) is 5.91 Å². The number of nitrogens with zero attached hydrogens (tertiary/aromatic N) is 4. The van der Waals surface area contributed by atoms with Crippen molar-refractivity contribution in [3.63, 3.8) is 0 Å². The normalized spacial score (nSPS) is 19.8. The van der Waals surface area contributed by atoms with E-state index in [2.05, 4.69) is 19.7 Å². The number of likely N-dealkylation sites (tertiary alicyclic amines) is 1. The lowest BCUT2D eigenvalue weighted by molar-refractivity contribution is 0.0703. The van der Waals surface area contributed by atoms with E-state index < -0.39 is 5.76 Å². The molecule has 3 aromatic rings. The van der Waals surface area contributed by atoms with Crippen molar-refractivity contribution in [2.45, 2.75) is 38.1 Å². The molecule has 5 rings (SSSR count). The monoisotopic (exact) mass is 353 g/mol. The Labute approximate surface area is 148 Å². The van der Waals surface area contributed by atoms with E-state index in [-0.39, 0.29) is 11.8 Å². The first-order valence-corrected chi connectivity index (χ1v) is 9.03. The van der Waals surface area contributed by atoms with Gasteiger partial charge < -0.3 is 13.9 Å². The number of hydrogen-bond acceptors (Lipinski definition) is 5. The molecule has 1 N–H and O–H groups in total. The molecule has 0 aliphatic carbocycles. The second-order valence-corrected chi connectivity index (χ2v) is 7.05. The van der Waals surface area contributed by atoms with Gasteiger partial charge in [0.1, 0.15) is 11.6 Å². The minimum Gasteiger partial charge on any atom is -0.408 e. The van der Waals surface area contributed by atoms with Crippen LogP contribution in [0.4, 0.5) is 0 Å². The minimum absolute atomic E-state index is 0.0280. The molecule has 1 unspecified atom stereocenters. The lowest BCUT2D eigenvalue weighted by atomic mass is 9.96. The van der Waals surface area contributed by atoms with Crippen LogP contribution in [0, 0.1) is 0 Å². The third-order valence-corrected chi connectivity index (χ3v) is 5.38. The van der Waals surface area contributed by atoms with Crippen molar-refractivity contribution >= 4 is 17.0 Å². The van der Waals surface area contributed by atoms with Gasteiger partial charge in [0.15, 0.2) is 5.58 Å². The van der Waals surface area contributed by atoms with Crippen LogP contribution >= 0.6 is 0 Å². The highest BCUT2D eigenvalue weighted by molar-refractivity contribution is 5.97. The van der Waals surface area contributed by atoms with E-state index >= 15 is 0 Å². The lowest BCUT2D eigenvalue weighted by Gasteiger charge is -2.32. The van der Waals surface area contributed by atoms with Crippen LogP contribution < -0.4 is 5.76 Å². The molecular formula is C18H19N5O3. The van der Waals surface area contributed by atoms with Gasteiger partial charge in [-0.05, 0) is 37.5 Å². The molecule has 8 heteroatoms. The van der Waals surface area contributed by atoms with E-state index in [0.717, 1.165) is 50.4 Å². The van der Waals surface area contributed by atoms with Gasteiger partial charge in [0.2, 0.25) is 0 Å². The number of hydrogen-bond donors (Lipinski definition) is 1. The second-order valence-electron chi connectivity index (χ2n) is 7.05. The molecule has 8 nitrogen and oxygen atoms in total. The minimum atomic E-state index is -0.511. The number of fused-ring (bicyclic) bond motifs is 2. The first kappa shape index (κ1) is 15.4. The van der Waals surface area contributed by atoms with Crippen LogP contribution in [0.3, 0.4) is 0 Å². The SMILES string of the molecule is O=C(c1ccc2oc(=O)[nH]c2c1)N1CCCC(c2nnc3n2CCC3)C1. The summed E-state index contributed by atoms with van der Waals surface area (Å²) in [5.74, 6) is 1.77. The Balaban J connectivity index is 1.40. The molecule has 1 aromatic carbocycles. The van der Waals surface area contributed by atoms with Gasteiger partial charge in [-0.25, -0.2) is 4.79 Å². The fraction of sp³-hybridized carbons (Fsp3) is 0.444. The van der Waals surface area contributed by atoms with Crippen molar-refractivity contribution < 1.29 is 9.21 Å². The summed E-state index contributed by atoms with van der Waals surface area (Å²) in [6, 6.07) is 5.05. The zero-order valence-electron chi connectivity index (χ0n) is 14.3. The number of rotatable bonds is 2. The summed E-state index contributed by atoms with van der Waals surface area (Å²) < 4.78 is 7.23. The van der Waals surface area contributed by atoms with Crippen LogP contribution in [0.5, 0.6) is 0 Å². The van der Waals surface area contributed by atoms with Gasteiger partial charge in [0, 0.05) is 37.5 Å². The molecule has 0 radical (unpaired) electrons. The molecule has 26 heavy (non-hydrogen) atoms. The maximum absolute atomic E-state index is 13.0. The Morgan fingerprint density at radius 3 is 3.08 bits per heavy atom. The molecule has 0 bridgehead atoms. The molecule has 1 amide bonds. The van der Waals surface area contributed by atoms with Crippen LogP contribution in [0.2, 0.25) is 0 Å². The van der Waals surface area contributed by atoms with Crippen LogP contribution in [0.15, 0.2) is 27.4 Å². The third-order valence-electron chi connectivity index (χ3n) is 5.38. The van der Waals surface area contributed by atoms with Crippen molar-refractivity contribution in [2.24, 2.45) is 0 Å². The van der Waals surface area contributed by atoms with Crippen molar-refractivity contribution in [1.29, 1.82) is 0 Å². The van der Waals surface area contributed by atoms with Gasteiger partial charge in [-0.3, -0.25) is 9.78 Å². The summed E-state index contributed by atoms with van der Waals surface area (Å²) in [5, 5.41) is 8.70. The summed E-state index contributed by atoms with van der Waals surface area (Å²) in [4.78, 5) is 28.7. The third kappa shape index (κ3) is 2.44. The average Bonchev–Trinajstić information content (AvgIpc) is 3.34. The number of carbonyl (C=O) groups is 1. The molecule has 0 saturated carbocycles. The molecule has 2 aliphatic heterocycles. The molecular weight excluding hydrogens is 334 g/mol. The number of carbonyl (C=O) groups excluding carboxylic acids is 1. The lowest BCUT2D eigenvalue weighted by Crippen LogP contribution is -2.39. The van der Waals surface area contributed by atoms with Crippen LogP contribution in [0.1, 0.15) is 47.2 Å². The smallest absolute Gasteiger partial charge is 0.408 e. The molecule has 1 saturated heterocycles. The molecule has 2 aromatic heterocycles.